The normalized spacial score (nSPS) is 10.8. The van der Waals surface area contributed by atoms with E-state index in [1.54, 1.807) is 24.4 Å². The SMILES string of the molecule is CCc1nocc1CN(C)C(=O)Cc1csc(-c2ccccn2)n1. The number of thiazole rings is 1. The summed E-state index contributed by atoms with van der Waals surface area (Å²) in [5, 5.41) is 6.67. The van der Waals surface area contributed by atoms with Crippen molar-refractivity contribution in [1.29, 1.82) is 0 Å². The van der Waals surface area contributed by atoms with Crippen molar-refractivity contribution in [3.8, 4) is 10.7 Å². The fourth-order valence-electron chi connectivity index (χ4n) is 2.33. The van der Waals surface area contributed by atoms with Crippen LogP contribution >= 0.6 is 11.3 Å². The molecule has 3 rings (SSSR count). The van der Waals surface area contributed by atoms with Gasteiger partial charge in [-0.1, -0.05) is 18.1 Å². The van der Waals surface area contributed by atoms with E-state index in [9.17, 15) is 4.79 Å². The van der Waals surface area contributed by atoms with Crippen LogP contribution in [0, 0.1) is 0 Å². The molecule has 0 saturated carbocycles. The van der Waals surface area contributed by atoms with Gasteiger partial charge in [-0.05, 0) is 18.6 Å². The Morgan fingerprint density at radius 1 is 1.38 bits per heavy atom. The summed E-state index contributed by atoms with van der Waals surface area (Å²) in [5.74, 6) is 0.0103. The zero-order valence-corrected chi connectivity index (χ0v) is 14.4. The Labute approximate surface area is 144 Å². The Bertz CT molecular complexity index is 813. The van der Waals surface area contributed by atoms with E-state index in [0.717, 1.165) is 34.1 Å². The highest BCUT2D eigenvalue weighted by atomic mass is 32.1. The van der Waals surface area contributed by atoms with Crippen LogP contribution in [0.3, 0.4) is 0 Å². The van der Waals surface area contributed by atoms with Crippen LogP contribution in [0.5, 0.6) is 0 Å². The molecule has 0 unspecified atom stereocenters. The molecule has 0 aliphatic rings. The lowest BCUT2D eigenvalue weighted by atomic mass is 10.2. The molecular weight excluding hydrogens is 324 g/mol. The fraction of sp³-hybridized carbons (Fsp3) is 0.294. The molecule has 0 atom stereocenters. The summed E-state index contributed by atoms with van der Waals surface area (Å²) in [4.78, 5) is 22.9. The lowest BCUT2D eigenvalue weighted by Crippen LogP contribution is -2.28. The van der Waals surface area contributed by atoms with Crippen molar-refractivity contribution < 1.29 is 9.32 Å². The minimum absolute atomic E-state index is 0.0103. The van der Waals surface area contributed by atoms with E-state index in [1.165, 1.54) is 11.3 Å². The molecule has 124 valence electrons. The largest absolute Gasteiger partial charge is 0.364 e. The monoisotopic (exact) mass is 342 g/mol. The van der Waals surface area contributed by atoms with Crippen molar-refractivity contribution in [2.45, 2.75) is 26.3 Å². The molecule has 3 aromatic heterocycles. The zero-order chi connectivity index (χ0) is 16.9. The van der Waals surface area contributed by atoms with Gasteiger partial charge in [0.2, 0.25) is 5.91 Å². The molecule has 7 heteroatoms. The first-order chi connectivity index (χ1) is 11.7. The number of likely N-dealkylation sites (N-methyl/N-ethyl adjacent to an activating group) is 1. The molecule has 0 bridgehead atoms. The summed E-state index contributed by atoms with van der Waals surface area (Å²) in [6, 6.07) is 5.70. The lowest BCUT2D eigenvalue weighted by Gasteiger charge is -2.15. The number of carbonyl (C=O) groups excluding carboxylic acids is 1. The van der Waals surface area contributed by atoms with E-state index in [1.807, 2.05) is 30.5 Å². The van der Waals surface area contributed by atoms with Crippen LogP contribution in [0.25, 0.3) is 10.7 Å². The van der Waals surface area contributed by atoms with Gasteiger partial charge >= 0.3 is 0 Å². The Balaban J connectivity index is 1.63. The quantitative estimate of drug-likeness (QED) is 0.689. The van der Waals surface area contributed by atoms with Gasteiger partial charge in [-0.3, -0.25) is 9.78 Å². The molecular formula is C17H18N4O2S. The number of carbonyl (C=O) groups is 1. The smallest absolute Gasteiger partial charge is 0.228 e. The number of nitrogens with zero attached hydrogens (tertiary/aromatic N) is 4. The molecule has 0 aromatic carbocycles. The van der Waals surface area contributed by atoms with E-state index in [-0.39, 0.29) is 12.3 Å². The first-order valence-electron chi connectivity index (χ1n) is 7.69. The van der Waals surface area contributed by atoms with E-state index >= 15 is 0 Å². The van der Waals surface area contributed by atoms with Crippen LogP contribution in [-0.4, -0.2) is 33.0 Å². The van der Waals surface area contributed by atoms with Crippen molar-refractivity contribution in [3.63, 3.8) is 0 Å². The molecule has 0 aliphatic carbocycles. The first-order valence-corrected chi connectivity index (χ1v) is 8.57. The summed E-state index contributed by atoms with van der Waals surface area (Å²) in [6.45, 7) is 2.50. The first kappa shape index (κ1) is 16.3. The lowest BCUT2D eigenvalue weighted by molar-refractivity contribution is -0.129. The third-order valence-corrected chi connectivity index (χ3v) is 4.58. The van der Waals surface area contributed by atoms with Gasteiger partial charge in [0.1, 0.15) is 11.3 Å². The maximum absolute atomic E-state index is 12.4. The average Bonchev–Trinajstić information content (AvgIpc) is 3.24. The second kappa shape index (κ2) is 7.35. The van der Waals surface area contributed by atoms with Gasteiger partial charge in [-0.2, -0.15) is 0 Å². The van der Waals surface area contributed by atoms with Crippen molar-refractivity contribution in [2.75, 3.05) is 7.05 Å². The number of hydrogen-bond donors (Lipinski definition) is 0. The minimum atomic E-state index is 0.0103. The molecule has 3 heterocycles. The van der Waals surface area contributed by atoms with Crippen molar-refractivity contribution in [3.05, 3.63) is 53.0 Å². The number of amides is 1. The van der Waals surface area contributed by atoms with E-state index in [0.29, 0.717) is 6.54 Å². The van der Waals surface area contributed by atoms with Gasteiger partial charge in [-0.25, -0.2) is 4.98 Å². The maximum atomic E-state index is 12.4. The van der Waals surface area contributed by atoms with Gasteiger partial charge in [0.05, 0.1) is 30.0 Å². The van der Waals surface area contributed by atoms with Gasteiger partial charge < -0.3 is 9.42 Å². The fourth-order valence-corrected chi connectivity index (χ4v) is 3.12. The maximum Gasteiger partial charge on any atom is 0.228 e. The molecule has 1 amide bonds. The van der Waals surface area contributed by atoms with Gasteiger partial charge in [0.15, 0.2) is 0 Å². The average molecular weight is 342 g/mol. The minimum Gasteiger partial charge on any atom is -0.364 e. The molecule has 0 fully saturated rings. The second-order valence-corrected chi connectivity index (χ2v) is 6.28. The second-order valence-electron chi connectivity index (χ2n) is 5.43. The van der Waals surface area contributed by atoms with Crippen molar-refractivity contribution >= 4 is 17.2 Å². The van der Waals surface area contributed by atoms with Crippen molar-refractivity contribution in [2.24, 2.45) is 0 Å². The van der Waals surface area contributed by atoms with Crippen LogP contribution in [0.1, 0.15) is 23.9 Å². The molecule has 0 spiro atoms. The highest BCUT2D eigenvalue weighted by Gasteiger charge is 2.16. The third kappa shape index (κ3) is 3.68. The van der Waals surface area contributed by atoms with E-state index in [2.05, 4.69) is 15.1 Å². The van der Waals surface area contributed by atoms with Crippen molar-refractivity contribution in [1.82, 2.24) is 20.0 Å². The molecule has 0 saturated heterocycles. The Morgan fingerprint density at radius 2 is 2.25 bits per heavy atom. The molecule has 0 N–H and O–H groups in total. The topological polar surface area (TPSA) is 72.1 Å². The molecule has 6 nitrogen and oxygen atoms in total. The molecule has 0 aliphatic heterocycles. The number of aryl methyl sites for hydroxylation is 1. The highest BCUT2D eigenvalue weighted by molar-refractivity contribution is 7.13. The molecule has 3 aromatic rings. The van der Waals surface area contributed by atoms with Crippen LogP contribution in [-0.2, 0) is 24.2 Å². The highest BCUT2D eigenvalue weighted by Crippen LogP contribution is 2.22. The molecule has 24 heavy (non-hydrogen) atoms. The van der Waals surface area contributed by atoms with Crippen LogP contribution in [0.4, 0.5) is 0 Å². The number of rotatable bonds is 6. The van der Waals surface area contributed by atoms with E-state index < -0.39 is 0 Å². The number of pyridine rings is 1. The summed E-state index contributed by atoms with van der Waals surface area (Å²) in [7, 11) is 1.78. The summed E-state index contributed by atoms with van der Waals surface area (Å²) in [5.41, 5.74) is 3.42. The zero-order valence-electron chi connectivity index (χ0n) is 13.6. The van der Waals surface area contributed by atoms with Gasteiger partial charge in [-0.15, -0.1) is 11.3 Å². The Hall–Kier alpha value is -2.54. The number of hydrogen-bond acceptors (Lipinski definition) is 6. The predicted molar refractivity (Wildman–Crippen MR) is 91.4 cm³/mol. The van der Waals surface area contributed by atoms with Crippen LogP contribution in [0.2, 0.25) is 0 Å². The standard InChI is InChI=1S/C17H18N4O2S/c1-3-14-12(10-23-20-14)9-21(2)16(22)8-13-11-24-17(19-13)15-6-4-5-7-18-15/h4-7,10-11H,3,8-9H2,1-2H3. The van der Waals surface area contributed by atoms with Crippen LogP contribution < -0.4 is 0 Å². The van der Waals surface area contributed by atoms with Gasteiger partial charge in [0, 0.05) is 24.2 Å². The summed E-state index contributed by atoms with van der Waals surface area (Å²) in [6.07, 6.45) is 4.39. The Morgan fingerprint density at radius 3 is 3.00 bits per heavy atom. The summed E-state index contributed by atoms with van der Waals surface area (Å²) < 4.78 is 4.98. The van der Waals surface area contributed by atoms with Crippen LogP contribution in [0.15, 0.2) is 40.6 Å². The number of aromatic nitrogens is 3. The third-order valence-electron chi connectivity index (χ3n) is 3.66. The Kier molecular flexibility index (Phi) is 5.00. The predicted octanol–water partition coefficient (Wildman–Crippen LogP) is 2.96. The van der Waals surface area contributed by atoms with E-state index in [4.69, 9.17) is 4.52 Å². The molecule has 0 radical (unpaired) electrons. The summed E-state index contributed by atoms with van der Waals surface area (Å²) >= 11 is 1.50. The van der Waals surface area contributed by atoms with Gasteiger partial charge in [0.25, 0.3) is 0 Å².